The van der Waals surface area contributed by atoms with Crippen LogP contribution in [0.1, 0.15) is 39.2 Å². The molecule has 0 radical (unpaired) electrons. The van der Waals surface area contributed by atoms with Gasteiger partial charge in [0.15, 0.2) is 0 Å². The molecule has 1 aromatic carbocycles. The number of halogens is 2. The first-order valence-electron chi connectivity index (χ1n) is 6.59. The average Bonchev–Trinajstić information content (AvgIpc) is 2.29. The summed E-state index contributed by atoms with van der Waals surface area (Å²) in [4.78, 5) is 0. The molecule has 18 heavy (non-hydrogen) atoms. The smallest absolute Gasteiger partial charge is 0.123 e. The summed E-state index contributed by atoms with van der Waals surface area (Å²) in [5, 5.41) is 4.05. The molecule has 1 aromatic rings. The van der Waals surface area contributed by atoms with Crippen molar-refractivity contribution in [3.8, 4) is 0 Å². The molecule has 0 saturated carbocycles. The molecular weight excluding hydrogens is 249 g/mol. The number of hydrogen-bond donors (Lipinski definition) is 1. The summed E-state index contributed by atoms with van der Waals surface area (Å²) < 4.78 is 13.2. The van der Waals surface area contributed by atoms with Crippen molar-refractivity contribution in [3.63, 3.8) is 0 Å². The molecule has 0 bridgehead atoms. The maximum atomic E-state index is 13.2. The second-order valence-electron chi connectivity index (χ2n) is 5.58. The topological polar surface area (TPSA) is 12.0 Å². The van der Waals surface area contributed by atoms with Crippen LogP contribution in [0.3, 0.4) is 0 Å². The molecule has 0 spiro atoms. The van der Waals surface area contributed by atoms with Crippen molar-refractivity contribution < 1.29 is 4.39 Å². The van der Waals surface area contributed by atoms with Gasteiger partial charge in [-0.1, -0.05) is 32.4 Å². The Morgan fingerprint density at radius 3 is 2.67 bits per heavy atom. The predicted octanol–water partition coefficient (Wildman–Crippen LogP) is 4.44. The fourth-order valence-corrected chi connectivity index (χ4v) is 2.20. The van der Waals surface area contributed by atoms with E-state index in [1.165, 1.54) is 6.07 Å². The third-order valence-corrected chi connectivity index (χ3v) is 3.45. The molecule has 0 fully saturated rings. The lowest BCUT2D eigenvalue weighted by molar-refractivity contribution is 0.325. The largest absolute Gasteiger partial charge is 0.317 e. The Morgan fingerprint density at radius 1 is 1.28 bits per heavy atom. The van der Waals surface area contributed by atoms with Crippen LogP contribution in [-0.2, 0) is 6.42 Å². The van der Waals surface area contributed by atoms with Gasteiger partial charge < -0.3 is 5.32 Å². The Morgan fingerprint density at radius 2 is 2.00 bits per heavy atom. The van der Waals surface area contributed by atoms with Crippen LogP contribution in [0.25, 0.3) is 0 Å². The zero-order valence-corrected chi connectivity index (χ0v) is 12.3. The minimum atomic E-state index is -0.214. The predicted molar refractivity (Wildman–Crippen MR) is 76.7 cm³/mol. The molecule has 3 heteroatoms. The number of nitrogens with one attached hydrogen (secondary N) is 1. The van der Waals surface area contributed by atoms with Crippen LogP contribution in [0.5, 0.6) is 0 Å². The van der Waals surface area contributed by atoms with Crippen LogP contribution in [0.2, 0.25) is 5.02 Å². The van der Waals surface area contributed by atoms with Crippen molar-refractivity contribution >= 4 is 11.6 Å². The number of benzene rings is 1. The summed E-state index contributed by atoms with van der Waals surface area (Å²) in [5.74, 6) is -0.214. The number of hydrogen-bond acceptors (Lipinski definition) is 1. The molecule has 0 aliphatic heterocycles. The lowest BCUT2D eigenvalue weighted by Gasteiger charge is -2.25. The van der Waals surface area contributed by atoms with Gasteiger partial charge in [0.25, 0.3) is 0 Å². The first-order valence-corrected chi connectivity index (χ1v) is 6.97. The molecule has 0 heterocycles. The van der Waals surface area contributed by atoms with Gasteiger partial charge in [-0.05, 0) is 61.5 Å². The molecule has 0 unspecified atom stereocenters. The van der Waals surface area contributed by atoms with Gasteiger partial charge in [0, 0.05) is 5.02 Å². The van der Waals surface area contributed by atoms with Crippen molar-refractivity contribution in [3.05, 3.63) is 34.6 Å². The molecule has 102 valence electrons. The third kappa shape index (κ3) is 5.36. The van der Waals surface area contributed by atoms with Crippen LogP contribution in [-0.4, -0.2) is 13.1 Å². The number of rotatable bonds is 7. The fourth-order valence-electron chi connectivity index (χ4n) is 2.01. The van der Waals surface area contributed by atoms with E-state index in [1.54, 1.807) is 12.1 Å². The highest BCUT2D eigenvalue weighted by Gasteiger charge is 2.19. The van der Waals surface area contributed by atoms with Gasteiger partial charge in [-0.3, -0.25) is 0 Å². The molecule has 0 aliphatic carbocycles. The van der Waals surface area contributed by atoms with E-state index in [9.17, 15) is 4.39 Å². The van der Waals surface area contributed by atoms with Crippen molar-refractivity contribution in [1.29, 1.82) is 0 Å². The summed E-state index contributed by atoms with van der Waals surface area (Å²) in [5.41, 5.74) is 1.02. The standard InChI is InChI=1S/C15H23ClFN/c1-4-8-18-9-7-15(2,3)11-12-10-13(17)5-6-14(12)16/h5-6,10,18H,4,7-9,11H2,1-3H3. The van der Waals surface area contributed by atoms with Crippen molar-refractivity contribution in [2.75, 3.05) is 13.1 Å². The van der Waals surface area contributed by atoms with Crippen LogP contribution in [0, 0.1) is 11.2 Å². The molecule has 0 atom stereocenters. The Kier molecular flexibility index (Phi) is 6.10. The fraction of sp³-hybridized carbons (Fsp3) is 0.600. The summed E-state index contributed by atoms with van der Waals surface area (Å²) in [7, 11) is 0. The van der Waals surface area contributed by atoms with E-state index in [-0.39, 0.29) is 11.2 Å². The Balaban J connectivity index is 2.55. The van der Waals surface area contributed by atoms with Gasteiger partial charge in [-0.2, -0.15) is 0 Å². The Labute approximate surface area is 115 Å². The lowest BCUT2D eigenvalue weighted by Crippen LogP contribution is -2.24. The molecule has 1 rings (SSSR count). The molecular formula is C15H23ClFN. The molecule has 0 aliphatic rings. The summed E-state index contributed by atoms with van der Waals surface area (Å²) in [6.45, 7) is 8.60. The van der Waals surface area contributed by atoms with Gasteiger partial charge in [0.05, 0.1) is 0 Å². The minimum Gasteiger partial charge on any atom is -0.317 e. The SMILES string of the molecule is CCCNCCC(C)(C)Cc1cc(F)ccc1Cl. The van der Waals surface area contributed by atoms with E-state index in [2.05, 4.69) is 26.1 Å². The quantitative estimate of drug-likeness (QED) is 0.723. The van der Waals surface area contributed by atoms with E-state index in [1.807, 2.05) is 0 Å². The van der Waals surface area contributed by atoms with E-state index in [4.69, 9.17) is 11.6 Å². The van der Waals surface area contributed by atoms with Gasteiger partial charge >= 0.3 is 0 Å². The first-order chi connectivity index (χ1) is 8.44. The van der Waals surface area contributed by atoms with Gasteiger partial charge in [-0.25, -0.2) is 4.39 Å². The normalized spacial score (nSPS) is 11.8. The van der Waals surface area contributed by atoms with Crippen molar-refractivity contribution in [2.45, 2.75) is 40.0 Å². The van der Waals surface area contributed by atoms with Crippen LogP contribution in [0.15, 0.2) is 18.2 Å². The molecule has 1 N–H and O–H groups in total. The van der Waals surface area contributed by atoms with Gasteiger partial charge in [-0.15, -0.1) is 0 Å². The highest BCUT2D eigenvalue weighted by molar-refractivity contribution is 6.31. The second kappa shape index (κ2) is 7.10. The summed E-state index contributed by atoms with van der Waals surface area (Å²) in [6, 6.07) is 4.59. The van der Waals surface area contributed by atoms with Crippen LogP contribution < -0.4 is 5.32 Å². The van der Waals surface area contributed by atoms with Gasteiger partial charge in [0.2, 0.25) is 0 Å². The maximum Gasteiger partial charge on any atom is 0.123 e. The average molecular weight is 272 g/mol. The van der Waals surface area contributed by atoms with Crippen molar-refractivity contribution in [2.24, 2.45) is 5.41 Å². The zero-order valence-electron chi connectivity index (χ0n) is 11.5. The lowest BCUT2D eigenvalue weighted by atomic mass is 9.82. The third-order valence-electron chi connectivity index (χ3n) is 3.08. The van der Waals surface area contributed by atoms with E-state index >= 15 is 0 Å². The first kappa shape index (κ1) is 15.5. The van der Waals surface area contributed by atoms with E-state index in [0.29, 0.717) is 5.02 Å². The Hall–Kier alpha value is -0.600. The summed E-state index contributed by atoms with van der Waals surface area (Å²) >= 11 is 6.10. The maximum absolute atomic E-state index is 13.2. The van der Waals surface area contributed by atoms with Crippen molar-refractivity contribution in [1.82, 2.24) is 5.32 Å². The Bertz CT molecular complexity index is 377. The molecule has 0 amide bonds. The van der Waals surface area contributed by atoms with E-state index < -0.39 is 0 Å². The molecule has 0 aromatic heterocycles. The summed E-state index contributed by atoms with van der Waals surface area (Å²) in [6.07, 6.45) is 3.01. The van der Waals surface area contributed by atoms with E-state index in [0.717, 1.165) is 37.9 Å². The monoisotopic (exact) mass is 271 g/mol. The highest BCUT2D eigenvalue weighted by atomic mass is 35.5. The molecule has 0 saturated heterocycles. The van der Waals surface area contributed by atoms with Gasteiger partial charge in [0.1, 0.15) is 5.82 Å². The zero-order chi connectivity index (χ0) is 13.6. The highest BCUT2D eigenvalue weighted by Crippen LogP contribution is 2.29. The second-order valence-corrected chi connectivity index (χ2v) is 5.98. The molecule has 1 nitrogen and oxygen atoms in total. The van der Waals surface area contributed by atoms with Crippen LogP contribution >= 0.6 is 11.6 Å². The van der Waals surface area contributed by atoms with Crippen LogP contribution in [0.4, 0.5) is 4.39 Å². The minimum absolute atomic E-state index is 0.123.